The van der Waals surface area contributed by atoms with Gasteiger partial charge in [0, 0.05) is 5.92 Å². The largest absolute Gasteiger partial charge is 0.393 e. The second-order valence-corrected chi connectivity index (χ2v) is 3.91. The SMILES string of the molecule is CCCC[C@@H](O)[C@H](C)c1ccccc1. The topological polar surface area (TPSA) is 20.2 Å². The summed E-state index contributed by atoms with van der Waals surface area (Å²) in [5.41, 5.74) is 1.23. The van der Waals surface area contributed by atoms with Crippen molar-refractivity contribution in [1.82, 2.24) is 0 Å². The zero-order chi connectivity index (χ0) is 10.4. The van der Waals surface area contributed by atoms with Crippen molar-refractivity contribution in [1.29, 1.82) is 0 Å². The molecule has 1 N–H and O–H groups in total. The van der Waals surface area contributed by atoms with E-state index in [1.54, 1.807) is 0 Å². The van der Waals surface area contributed by atoms with Crippen molar-refractivity contribution < 1.29 is 5.11 Å². The van der Waals surface area contributed by atoms with E-state index in [1.807, 2.05) is 18.2 Å². The van der Waals surface area contributed by atoms with E-state index in [0.29, 0.717) is 0 Å². The van der Waals surface area contributed by atoms with Crippen molar-refractivity contribution in [3.63, 3.8) is 0 Å². The molecule has 1 aromatic rings. The van der Waals surface area contributed by atoms with Gasteiger partial charge in [-0.1, -0.05) is 57.0 Å². The van der Waals surface area contributed by atoms with Crippen molar-refractivity contribution in [3.8, 4) is 0 Å². The van der Waals surface area contributed by atoms with Gasteiger partial charge in [0.25, 0.3) is 0 Å². The lowest BCUT2D eigenvalue weighted by Crippen LogP contribution is -2.15. The van der Waals surface area contributed by atoms with Gasteiger partial charge in [-0.3, -0.25) is 0 Å². The van der Waals surface area contributed by atoms with Gasteiger partial charge >= 0.3 is 0 Å². The molecule has 0 aliphatic carbocycles. The van der Waals surface area contributed by atoms with Crippen LogP contribution in [0.25, 0.3) is 0 Å². The van der Waals surface area contributed by atoms with E-state index in [9.17, 15) is 5.11 Å². The smallest absolute Gasteiger partial charge is 0.0606 e. The number of unbranched alkanes of at least 4 members (excludes halogenated alkanes) is 1. The monoisotopic (exact) mass is 192 g/mol. The van der Waals surface area contributed by atoms with Gasteiger partial charge in [0.1, 0.15) is 0 Å². The first-order chi connectivity index (χ1) is 6.75. The zero-order valence-corrected chi connectivity index (χ0v) is 9.11. The van der Waals surface area contributed by atoms with E-state index >= 15 is 0 Å². The van der Waals surface area contributed by atoms with Crippen LogP contribution in [-0.4, -0.2) is 11.2 Å². The van der Waals surface area contributed by atoms with Crippen molar-refractivity contribution in [3.05, 3.63) is 35.9 Å². The van der Waals surface area contributed by atoms with Gasteiger partial charge < -0.3 is 5.11 Å². The molecule has 0 amide bonds. The van der Waals surface area contributed by atoms with Crippen LogP contribution < -0.4 is 0 Å². The van der Waals surface area contributed by atoms with Crippen LogP contribution in [-0.2, 0) is 0 Å². The van der Waals surface area contributed by atoms with E-state index in [4.69, 9.17) is 0 Å². The van der Waals surface area contributed by atoms with Crippen molar-refractivity contribution in [2.24, 2.45) is 0 Å². The summed E-state index contributed by atoms with van der Waals surface area (Å²) in [6.45, 7) is 4.25. The van der Waals surface area contributed by atoms with Gasteiger partial charge in [-0.25, -0.2) is 0 Å². The summed E-state index contributed by atoms with van der Waals surface area (Å²) < 4.78 is 0. The molecular formula is C13H20O. The van der Waals surface area contributed by atoms with Gasteiger partial charge in [-0.15, -0.1) is 0 Å². The van der Waals surface area contributed by atoms with Crippen LogP contribution in [0.1, 0.15) is 44.6 Å². The van der Waals surface area contributed by atoms with Gasteiger partial charge in [-0.2, -0.15) is 0 Å². The average molecular weight is 192 g/mol. The first-order valence-corrected chi connectivity index (χ1v) is 5.48. The van der Waals surface area contributed by atoms with Crippen molar-refractivity contribution >= 4 is 0 Å². The number of hydrogen-bond acceptors (Lipinski definition) is 1. The quantitative estimate of drug-likeness (QED) is 0.758. The van der Waals surface area contributed by atoms with E-state index in [-0.39, 0.29) is 12.0 Å². The molecule has 14 heavy (non-hydrogen) atoms. The second kappa shape index (κ2) is 5.82. The average Bonchev–Trinajstić information content (AvgIpc) is 2.26. The van der Waals surface area contributed by atoms with E-state index in [0.717, 1.165) is 19.3 Å². The van der Waals surface area contributed by atoms with Gasteiger partial charge in [0.15, 0.2) is 0 Å². The normalized spacial score (nSPS) is 15.1. The van der Waals surface area contributed by atoms with Crippen LogP contribution in [0.3, 0.4) is 0 Å². The molecule has 1 heteroatoms. The van der Waals surface area contributed by atoms with Gasteiger partial charge in [0.2, 0.25) is 0 Å². The van der Waals surface area contributed by atoms with Crippen LogP contribution in [0.15, 0.2) is 30.3 Å². The first kappa shape index (κ1) is 11.3. The highest BCUT2D eigenvalue weighted by Crippen LogP contribution is 2.21. The molecule has 1 rings (SSSR count). The summed E-state index contributed by atoms with van der Waals surface area (Å²) in [5.74, 6) is 0.253. The Kier molecular flexibility index (Phi) is 4.68. The molecule has 0 saturated heterocycles. The maximum Gasteiger partial charge on any atom is 0.0606 e. The molecule has 1 nitrogen and oxygen atoms in total. The highest BCUT2D eigenvalue weighted by molar-refractivity contribution is 5.19. The summed E-state index contributed by atoms with van der Waals surface area (Å²) in [7, 11) is 0. The predicted octanol–water partition coefficient (Wildman–Crippen LogP) is 3.34. The molecule has 0 bridgehead atoms. The van der Waals surface area contributed by atoms with Crippen LogP contribution in [0.2, 0.25) is 0 Å². The Labute approximate surface area is 86.8 Å². The van der Waals surface area contributed by atoms with Crippen molar-refractivity contribution in [2.75, 3.05) is 0 Å². The van der Waals surface area contributed by atoms with E-state index in [1.165, 1.54) is 5.56 Å². The van der Waals surface area contributed by atoms with E-state index in [2.05, 4.69) is 26.0 Å². The highest BCUT2D eigenvalue weighted by atomic mass is 16.3. The number of benzene rings is 1. The maximum absolute atomic E-state index is 9.90. The molecule has 0 aliphatic heterocycles. The molecule has 2 atom stereocenters. The molecule has 0 heterocycles. The fourth-order valence-electron chi connectivity index (χ4n) is 1.64. The summed E-state index contributed by atoms with van der Waals surface area (Å²) in [6.07, 6.45) is 2.97. The summed E-state index contributed by atoms with van der Waals surface area (Å²) >= 11 is 0. The lowest BCUT2D eigenvalue weighted by atomic mass is 9.92. The maximum atomic E-state index is 9.90. The number of hydrogen-bond donors (Lipinski definition) is 1. The fraction of sp³-hybridized carbons (Fsp3) is 0.538. The molecule has 1 aromatic carbocycles. The van der Waals surface area contributed by atoms with E-state index < -0.39 is 0 Å². The van der Waals surface area contributed by atoms with Crippen LogP contribution in [0.4, 0.5) is 0 Å². The molecule has 0 radical (unpaired) electrons. The van der Waals surface area contributed by atoms with Crippen molar-refractivity contribution in [2.45, 2.75) is 45.1 Å². The fourth-order valence-corrected chi connectivity index (χ4v) is 1.64. The standard InChI is InChI=1S/C13H20O/c1-3-4-10-13(14)11(2)12-8-6-5-7-9-12/h5-9,11,13-14H,3-4,10H2,1-2H3/t11-,13-/m1/s1. The minimum Gasteiger partial charge on any atom is -0.393 e. The zero-order valence-electron chi connectivity index (χ0n) is 9.11. The van der Waals surface area contributed by atoms with Crippen LogP contribution in [0, 0.1) is 0 Å². The molecule has 0 spiro atoms. The third-order valence-corrected chi connectivity index (χ3v) is 2.76. The van der Waals surface area contributed by atoms with Crippen LogP contribution >= 0.6 is 0 Å². The molecule has 0 aliphatic rings. The Balaban J connectivity index is 2.52. The third kappa shape index (κ3) is 3.15. The Morgan fingerprint density at radius 2 is 1.86 bits per heavy atom. The Bertz CT molecular complexity index is 243. The molecule has 0 aromatic heterocycles. The summed E-state index contributed by atoms with van der Waals surface area (Å²) in [6, 6.07) is 10.2. The number of aliphatic hydroxyl groups excluding tert-OH is 1. The highest BCUT2D eigenvalue weighted by Gasteiger charge is 2.14. The molecule has 78 valence electrons. The lowest BCUT2D eigenvalue weighted by molar-refractivity contribution is 0.137. The number of rotatable bonds is 5. The Hall–Kier alpha value is -0.820. The molecular weight excluding hydrogens is 172 g/mol. The second-order valence-electron chi connectivity index (χ2n) is 3.91. The summed E-state index contributed by atoms with van der Waals surface area (Å²) in [5, 5.41) is 9.90. The minimum absolute atomic E-state index is 0.197. The van der Waals surface area contributed by atoms with Crippen LogP contribution in [0.5, 0.6) is 0 Å². The predicted molar refractivity (Wildman–Crippen MR) is 60.4 cm³/mol. The molecule has 0 fully saturated rings. The Morgan fingerprint density at radius 3 is 2.43 bits per heavy atom. The Morgan fingerprint density at radius 1 is 1.21 bits per heavy atom. The minimum atomic E-state index is -0.197. The number of aliphatic hydroxyl groups is 1. The van der Waals surface area contributed by atoms with Gasteiger partial charge in [-0.05, 0) is 12.0 Å². The third-order valence-electron chi connectivity index (χ3n) is 2.76. The molecule has 0 unspecified atom stereocenters. The lowest BCUT2D eigenvalue weighted by Gasteiger charge is -2.18. The first-order valence-electron chi connectivity index (χ1n) is 5.48. The van der Waals surface area contributed by atoms with Gasteiger partial charge in [0.05, 0.1) is 6.10 Å². The summed E-state index contributed by atoms with van der Waals surface area (Å²) in [4.78, 5) is 0. The molecule has 0 saturated carbocycles.